The fraction of sp³-hybridized carbons (Fsp3) is 1.00. The molecule has 1 N–H and O–H groups in total. The molecule has 0 amide bonds. The molecule has 0 radical (unpaired) electrons. The first kappa shape index (κ1) is 17.5. The van der Waals surface area contributed by atoms with Gasteiger partial charge in [0.1, 0.15) is 0 Å². The maximum absolute atomic E-state index is 11.0. The molecule has 0 aliphatic carbocycles. The lowest BCUT2D eigenvalue weighted by Crippen LogP contribution is -2.54. The normalized spacial score (nSPS) is 11.8. The maximum Gasteiger partial charge on any atom is 0.768 e. The van der Waals surface area contributed by atoms with Gasteiger partial charge in [-0.25, -0.2) is 0 Å². The van der Waals surface area contributed by atoms with E-state index >= 15 is 0 Å². The van der Waals surface area contributed by atoms with E-state index in [0.717, 1.165) is 0 Å². The summed E-state index contributed by atoms with van der Waals surface area (Å²) in [7, 11) is -3.28. The van der Waals surface area contributed by atoms with Crippen molar-refractivity contribution in [1.82, 2.24) is 0 Å². The summed E-state index contributed by atoms with van der Waals surface area (Å²) in [5, 5.41) is 0. The highest BCUT2D eigenvalue weighted by molar-refractivity contribution is 6.24. The van der Waals surface area contributed by atoms with Crippen LogP contribution >= 0.6 is 0 Å². The van der Waals surface area contributed by atoms with E-state index in [2.05, 4.69) is 0 Å². The van der Waals surface area contributed by atoms with Crippen molar-refractivity contribution in [3.05, 3.63) is 0 Å². The van der Waals surface area contributed by atoms with Crippen LogP contribution in [0.25, 0.3) is 0 Å². The van der Waals surface area contributed by atoms with E-state index in [4.69, 9.17) is 28.2 Å². The second kappa shape index (κ2) is 9.40. The minimum absolute atomic E-state index is 0.214. The summed E-state index contributed by atoms with van der Waals surface area (Å²) in [4.78, 5) is 8.98. The second-order valence-corrected chi connectivity index (χ2v) is 3.82. The zero-order chi connectivity index (χ0) is 14.0. The molecule has 7 nitrogen and oxygen atoms in total. The fourth-order valence-corrected chi connectivity index (χ4v) is 1.82. The van der Waals surface area contributed by atoms with Crippen molar-refractivity contribution in [2.24, 2.45) is 0 Å². The molecule has 0 aliphatic heterocycles. The van der Waals surface area contributed by atoms with Crippen LogP contribution in [-0.4, -0.2) is 52.7 Å². The third-order valence-electron chi connectivity index (χ3n) is 1.85. The van der Waals surface area contributed by atoms with Gasteiger partial charge in [0.2, 0.25) is 0 Å². The lowest BCUT2D eigenvalue weighted by Gasteiger charge is -2.36. The van der Waals surface area contributed by atoms with E-state index in [0.29, 0.717) is 13.2 Å². The van der Waals surface area contributed by atoms with Gasteiger partial charge in [-0.05, 0) is 27.7 Å². The van der Waals surface area contributed by atoms with Gasteiger partial charge in [0.15, 0.2) is 0 Å². The van der Waals surface area contributed by atoms with Crippen molar-refractivity contribution in [3.8, 4) is 0 Å². The fourth-order valence-electron chi connectivity index (χ4n) is 1.36. The molecule has 108 valence electrons. The summed E-state index contributed by atoms with van der Waals surface area (Å²) in [5.41, 5.74) is 0. The summed E-state index contributed by atoms with van der Waals surface area (Å²) in [6.45, 7) is 8.01. The molecule has 0 aromatic rings. The quantitative estimate of drug-likeness (QED) is 0.437. The van der Waals surface area contributed by atoms with Crippen LogP contribution in [0.5, 0.6) is 0 Å². The van der Waals surface area contributed by atoms with Crippen molar-refractivity contribution in [2.45, 2.75) is 40.0 Å². The average molecular weight is 282 g/mol. The van der Waals surface area contributed by atoms with Gasteiger partial charge in [0.05, 0.1) is 13.2 Å². The van der Waals surface area contributed by atoms with Crippen LogP contribution in [0.3, 0.4) is 0 Å². The second-order valence-electron chi connectivity index (χ2n) is 3.08. The highest BCUT2D eigenvalue weighted by Crippen LogP contribution is 2.24. The van der Waals surface area contributed by atoms with E-state index in [1.165, 1.54) is 0 Å². The minimum Gasteiger partial charge on any atom is -0.511 e. The Morgan fingerprint density at radius 2 is 1.44 bits per heavy atom. The Kier molecular flexibility index (Phi) is 9.11. The number of hydrogen-bond donors (Lipinski definition) is 1. The Balaban J connectivity index is 5.09. The molecule has 8 heteroatoms. The molecule has 0 saturated carbocycles. The van der Waals surface area contributed by atoms with E-state index in [1.54, 1.807) is 27.7 Å². The molecule has 0 unspecified atom stereocenters. The largest absolute Gasteiger partial charge is 0.768 e. The van der Waals surface area contributed by atoms with Crippen LogP contribution in [0, 0.1) is 0 Å². The molecule has 0 spiro atoms. The van der Waals surface area contributed by atoms with Crippen molar-refractivity contribution < 1.29 is 32.6 Å². The van der Waals surface area contributed by atoms with Crippen LogP contribution in [-0.2, 0) is 27.8 Å². The Labute approximate surface area is 109 Å². The van der Waals surface area contributed by atoms with Crippen molar-refractivity contribution in [3.63, 3.8) is 0 Å². The van der Waals surface area contributed by atoms with E-state index in [-0.39, 0.29) is 13.2 Å². The molecule has 0 aliphatic rings. The van der Waals surface area contributed by atoms with Crippen molar-refractivity contribution in [1.29, 1.82) is 0 Å². The van der Waals surface area contributed by atoms with Gasteiger partial charge >= 0.3 is 15.1 Å². The van der Waals surface area contributed by atoms with Crippen molar-refractivity contribution >= 4 is 9.17 Å². The van der Waals surface area contributed by atoms with Crippen LogP contribution < -0.4 is 0 Å². The average Bonchev–Trinajstić information content (AvgIpc) is 2.28. The smallest absolute Gasteiger partial charge is 0.511 e. The summed E-state index contributed by atoms with van der Waals surface area (Å²) in [6, 6.07) is 0. The predicted octanol–water partition coefficient (Wildman–Crippen LogP) is 0.537. The molecular formula is C10H22O7Si. The van der Waals surface area contributed by atoms with Crippen LogP contribution in [0.2, 0.25) is 0 Å². The molecule has 0 aromatic carbocycles. The first-order chi connectivity index (χ1) is 8.56. The van der Waals surface area contributed by atoms with Gasteiger partial charge in [-0.15, -0.1) is 0 Å². The van der Waals surface area contributed by atoms with Gasteiger partial charge in [0.25, 0.3) is 6.29 Å². The molecular weight excluding hydrogens is 260 g/mol. The van der Waals surface area contributed by atoms with Crippen LogP contribution in [0.4, 0.5) is 0 Å². The molecule has 0 atom stereocenters. The monoisotopic (exact) mass is 282 g/mol. The van der Waals surface area contributed by atoms with Crippen LogP contribution in [0.1, 0.15) is 27.7 Å². The summed E-state index contributed by atoms with van der Waals surface area (Å²) in [5.74, 6) is -1.82. The van der Waals surface area contributed by atoms with Crippen LogP contribution in [0.15, 0.2) is 0 Å². The van der Waals surface area contributed by atoms with Gasteiger partial charge in [-0.1, -0.05) is 0 Å². The molecule has 0 fully saturated rings. The summed E-state index contributed by atoms with van der Waals surface area (Å²) < 4.78 is 37.1. The molecule has 0 heterocycles. The zero-order valence-corrected chi connectivity index (χ0v) is 12.3. The SMILES string of the molecule is CCOC(OCC)C(OCC)(OCC)O[Si](=O)O. The van der Waals surface area contributed by atoms with Gasteiger partial charge in [-0.2, -0.15) is 0 Å². The Hall–Kier alpha value is -0.543. The third kappa shape index (κ3) is 5.40. The van der Waals surface area contributed by atoms with E-state index < -0.39 is 21.4 Å². The summed E-state index contributed by atoms with van der Waals surface area (Å²) >= 11 is 0. The number of ether oxygens (including phenoxy) is 4. The molecule has 0 aromatic heterocycles. The van der Waals surface area contributed by atoms with Gasteiger partial charge in [0, 0.05) is 13.2 Å². The van der Waals surface area contributed by atoms with E-state index in [1.807, 2.05) is 0 Å². The molecule has 0 bridgehead atoms. The van der Waals surface area contributed by atoms with E-state index in [9.17, 15) is 4.46 Å². The predicted molar refractivity (Wildman–Crippen MR) is 62.8 cm³/mol. The molecule has 18 heavy (non-hydrogen) atoms. The van der Waals surface area contributed by atoms with Crippen molar-refractivity contribution in [2.75, 3.05) is 26.4 Å². The standard InChI is InChI=1S/C10H22O7Si/c1-5-13-9(14-6-2)10(15-7-3,16-8-4)17-18(11)12/h9,11H,5-8H2,1-4H3. The lowest BCUT2D eigenvalue weighted by atomic mass is 10.5. The summed E-state index contributed by atoms with van der Waals surface area (Å²) in [6.07, 6.45) is -1.03. The highest BCUT2D eigenvalue weighted by atomic mass is 28.3. The highest BCUT2D eigenvalue weighted by Gasteiger charge is 2.48. The maximum atomic E-state index is 11.0. The number of hydrogen-bond acceptors (Lipinski definition) is 6. The third-order valence-corrected chi connectivity index (χ3v) is 2.30. The number of rotatable bonds is 11. The zero-order valence-electron chi connectivity index (χ0n) is 11.3. The minimum atomic E-state index is -3.28. The lowest BCUT2D eigenvalue weighted by molar-refractivity contribution is -0.432. The topological polar surface area (TPSA) is 83.5 Å². The van der Waals surface area contributed by atoms with Gasteiger partial charge in [-0.3, -0.25) is 4.46 Å². The Bertz CT molecular complexity index is 224. The first-order valence-electron chi connectivity index (χ1n) is 5.99. The Morgan fingerprint density at radius 3 is 1.72 bits per heavy atom. The molecule has 0 rings (SSSR count). The molecule has 0 saturated heterocycles. The van der Waals surface area contributed by atoms with Gasteiger partial charge < -0.3 is 28.2 Å². The Morgan fingerprint density at radius 1 is 1.00 bits per heavy atom. The first-order valence-corrected chi connectivity index (χ1v) is 7.25.